The lowest BCUT2D eigenvalue weighted by Gasteiger charge is -2.32. The van der Waals surface area contributed by atoms with E-state index in [1.54, 1.807) is 11.9 Å². The first kappa shape index (κ1) is 18.0. The van der Waals surface area contributed by atoms with Crippen LogP contribution in [0.1, 0.15) is 27.2 Å². The fourth-order valence-electron chi connectivity index (χ4n) is 2.55. The third-order valence-corrected chi connectivity index (χ3v) is 5.58. The summed E-state index contributed by atoms with van der Waals surface area (Å²) in [5, 5.41) is 8.00. The highest BCUT2D eigenvalue weighted by Crippen LogP contribution is 2.27. The molecule has 1 fully saturated rings. The molecule has 2 amide bonds. The van der Waals surface area contributed by atoms with Gasteiger partial charge in [0.1, 0.15) is 0 Å². The standard InChI is InChI=1S/C14H23N5O2S2/c1-14(2,3)19-7-9(5-10(19)20)6-18(4)11(21)8-22-13-17-16-12(15)23-13/h9H,5-8H2,1-4H3,(H2,15,16)/t9-/m1/s1. The van der Waals surface area contributed by atoms with Crippen molar-refractivity contribution < 1.29 is 9.59 Å². The molecule has 1 aromatic heterocycles. The van der Waals surface area contributed by atoms with Gasteiger partial charge in [0.25, 0.3) is 0 Å². The summed E-state index contributed by atoms with van der Waals surface area (Å²) in [4.78, 5) is 27.9. The zero-order valence-electron chi connectivity index (χ0n) is 13.9. The third-order valence-electron chi connectivity index (χ3n) is 3.71. The average molecular weight is 358 g/mol. The molecule has 2 N–H and O–H groups in total. The highest BCUT2D eigenvalue weighted by atomic mass is 32.2. The molecule has 1 aliphatic heterocycles. The van der Waals surface area contributed by atoms with Crippen molar-refractivity contribution in [2.24, 2.45) is 5.92 Å². The summed E-state index contributed by atoms with van der Waals surface area (Å²) in [5.41, 5.74) is 5.35. The van der Waals surface area contributed by atoms with Crippen LogP contribution in [-0.2, 0) is 9.59 Å². The van der Waals surface area contributed by atoms with Gasteiger partial charge in [-0.1, -0.05) is 23.1 Å². The maximum atomic E-state index is 12.2. The summed E-state index contributed by atoms with van der Waals surface area (Å²) in [6.45, 7) is 7.40. The average Bonchev–Trinajstić information content (AvgIpc) is 3.01. The molecule has 0 aromatic carbocycles. The first-order valence-corrected chi connectivity index (χ1v) is 9.23. The lowest BCUT2D eigenvalue weighted by atomic mass is 10.1. The van der Waals surface area contributed by atoms with E-state index in [4.69, 9.17) is 5.73 Å². The normalized spacial score (nSPS) is 18.5. The van der Waals surface area contributed by atoms with Gasteiger partial charge in [-0.05, 0) is 20.8 Å². The quantitative estimate of drug-likeness (QED) is 0.799. The number of carbonyl (C=O) groups excluding carboxylic acids is 2. The van der Waals surface area contributed by atoms with E-state index in [1.807, 2.05) is 25.7 Å². The van der Waals surface area contributed by atoms with Crippen molar-refractivity contribution in [3.05, 3.63) is 0 Å². The molecule has 0 saturated carbocycles. The SMILES string of the molecule is CN(C[C@H]1CC(=O)N(C(C)(C)C)C1)C(=O)CSc1nnc(N)s1. The number of carbonyl (C=O) groups is 2. The van der Waals surface area contributed by atoms with Gasteiger partial charge < -0.3 is 15.5 Å². The smallest absolute Gasteiger partial charge is 0.232 e. The van der Waals surface area contributed by atoms with Crippen LogP contribution in [0.3, 0.4) is 0 Å². The number of amides is 2. The van der Waals surface area contributed by atoms with E-state index < -0.39 is 0 Å². The zero-order chi connectivity index (χ0) is 17.2. The maximum absolute atomic E-state index is 12.2. The lowest BCUT2D eigenvalue weighted by molar-refractivity contribution is -0.131. The number of nitrogen functional groups attached to an aromatic ring is 1. The Labute approximate surface area is 144 Å². The predicted molar refractivity (Wildman–Crippen MR) is 92.3 cm³/mol. The lowest BCUT2D eigenvalue weighted by Crippen LogP contribution is -2.43. The van der Waals surface area contributed by atoms with Crippen molar-refractivity contribution in [2.45, 2.75) is 37.1 Å². The molecule has 0 radical (unpaired) electrons. The third kappa shape index (κ3) is 4.81. The minimum absolute atomic E-state index is 0.0189. The number of nitrogens with zero attached hydrogens (tertiary/aromatic N) is 4. The molecule has 2 rings (SSSR count). The van der Waals surface area contributed by atoms with Gasteiger partial charge in [-0.2, -0.15) is 0 Å². The Hall–Kier alpha value is -1.35. The molecule has 23 heavy (non-hydrogen) atoms. The maximum Gasteiger partial charge on any atom is 0.232 e. The molecule has 1 atom stereocenters. The van der Waals surface area contributed by atoms with Crippen molar-refractivity contribution in [3.63, 3.8) is 0 Å². The number of nitrogens with two attached hydrogens (primary N) is 1. The number of likely N-dealkylation sites (tertiary alicyclic amines) is 1. The number of thioether (sulfide) groups is 1. The van der Waals surface area contributed by atoms with Crippen LogP contribution in [0, 0.1) is 5.92 Å². The summed E-state index contributed by atoms with van der Waals surface area (Å²) < 4.78 is 0.694. The van der Waals surface area contributed by atoms with E-state index in [1.165, 1.54) is 23.1 Å². The Morgan fingerprint density at radius 3 is 2.70 bits per heavy atom. The van der Waals surface area contributed by atoms with Crippen molar-refractivity contribution in [3.8, 4) is 0 Å². The molecule has 1 saturated heterocycles. The van der Waals surface area contributed by atoms with Crippen LogP contribution >= 0.6 is 23.1 Å². The molecule has 1 aliphatic rings. The summed E-state index contributed by atoms with van der Waals surface area (Å²) in [6, 6.07) is 0. The number of anilines is 1. The summed E-state index contributed by atoms with van der Waals surface area (Å²) in [5.74, 6) is 0.680. The fraction of sp³-hybridized carbons (Fsp3) is 0.714. The van der Waals surface area contributed by atoms with Gasteiger partial charge in [0.05, 0.1) is 5.75 Å². The van der Waals surface area contributed by atoms with E-state index in [-0.39, 0.29) is 23.3 Å². The van der Waals surface area contributed by atoms with Gasteiger partial charge in [-0.25, -0.2) is 0 Å². The van der Waals surface area contributed by atoms with Gasteiger partial charge in [0.15, 0.2) is 4.34 Å². The van der Waals surface area contributed by atoms with Gasteiger partial charge in [-0.3, -0.25) is 9.59 Å². The number of aromatic nitrogens is 2. The van der Waals surface area contributed by atoms with Crippen LogP contribution in [0.25, 0.3) is 0 Å². The van der Waals surface area contributed by atoms with Crippen molar-refractivity contribution >= 4 is 40.0 Å². The molecular formula is C14H23N5O2S2. The minimum atomic E-state index is -0.165. The molecular weight excluding hydrogens is 334 g/mol. The van der Waals surface area contributed by atoms with E-state index in [2.05, 4.69) is 10.2 Å². The number of rotatable bonds is 5. The minimum Gasteiger partial charge on any atom is -0.374 e. The van der Waals surface area contributed by atoms with Gasteiger partial charge in [-0.15, -0.1) is 10.2 Å². The fourth-order valence-corrected chi connectivity index (χ4v) is 4.13. The van der Waals surface area contributed by atoms with E-state index in [0.29, 0.717) is 34.7 Å². The Kier molecular flexibility index (Phi) is 5.51. The second-order valence-corrected chi connectivity index (χ2v) is 8.95. The van der Waals surface area contributed by atoms with Crippen LogP contribution in [0.2, 0.25) is 0 Å². The zero-order valence-corrected chi connectivity index (χ0v) is 15.5. The molecule has 7 nitrogen and oxygen atoms in total. The first-order chi connectivity index (χ1) is 10.7. The van der Waals surface area contributed by atoms with Crippen LogP contribution in [0.5, 0.6) is 0 Å². The largest absolute Gasteiger partial charge is 0.374 e. The van der Waals surface area contributed by atoms with Crippen molar-refractivity contribution in [1.29, 1.82) is 0 Å². The van der Waals surface area contributed by atoms with Crippen molar-refractivity contribution in [1.82, 2.24) is 20.0 Å². The van der Waals surface area contributed by atoms with Gasteiger partial charge in [0, 0.05) is 38.0 Å². The highest BCUT2D eigenvalue weighted by Gasteiger charge is 2.36. The Morgan fingerprint density at radius 2 is 2.17 bits per heavy atom. The summed E-state index contributed by atoms with van der Waals surface area (Å²) in [6.07, 6.45) is 0.509. The molecule has 2 heterocycles. The molecule has 128 valence electrons. The number of hydrogen-bond donors (Lipinski definition) is 1. The van der Waals surface area contributed by atoms with E-state index in [0.717, 1.165) is 0 Å². The molecule has 0 aliphatic carbocycles. The van der Waals surface area contributed by atoms with Crippen LogP contribution < -0.4 is 5.73 Å². The van der Waals surface area contributed by atoms with Gasteiger partial charge in [0.2, 0.25) is 16.9 Å². The topological polar surface area (TPSA) is 92.4 Å². The Morgan fingerprint density at radius 1 is 1.48 bits per heavy atom. The van der Waals surface area contributed by atoms with E-state index >= 15 is 0 Å². The summed E-state index contributed by atoms with van der Waals surface area (Å²) >= 11 is 2.61. The molecule has 0 bridgehead atoms. The monoisotopic (exact) mass is 357 g/mol. The van der Waals surface area contributed by atoms with Crippen LogP contribution in [0.15, 0.2) is 4.34 Å². The van der Waals surface area contributed by atoms with Crippen LogP contribution in [-0.4, -0.2) is 63.2 Å². The van der Waals surface area contributed by atoms with Crippen molar-refractivity contribution in [2.75, 3.05) is 31.6 Å². The summed E-state index contributed by atoms with van der Waals surface area (Å²) in [7, 11) is 1.78. The predicted octanol–water partition coefficient (Wildman–Crippen LogP) is 1.32. The number of hydrogen-bond acceptors (Lipinski definition) is 7. The molecule has 0 unspecified atom stereocenters. The first-order valence-electron chi connectivity index (χ1n) is 7.43. The highest BCUT2D eigenvalue weighted by molar-refractivity contribution is 8.01. The Bertz CT molecular complexity index is 584. The van der Waals surface area contributed by atoms with Crippen LogP contribution in [0.4, 0.5) is 5.13 Å². The second-order valence-electron chi connectivity index (χ2n) is 6.71. The second kappa shape index (κ2) is 7.04. The molecule has 9 heteroatoms. The Balaban J connectivity index is 1.81. The van der Waals surface area contributed by atoms with Gasteiger partial charge >= 0.3 is 0 Å². The van der Waals surface area contributed by atoms with E-state index in [9.17, 15) is 9.59 Å². The molecule has 0 spiro atoms. The molecule has 1 aromatic rings.